The Balaban J connectivity index is 0.00000341. The van der Waals surface area contributed by atoms with Crippen molar-refractivity contribution in [1.29, 1.82) is 0 Å². The average Bonchev–Trinajstić information content (AvgIpc) is 3.21. The average molecular weight is 546 g/mol. The highest BCUT2D eigenvalue weighted by atomic mass is 127. The van der Waals surface area contributed by atoms with Crippen molar-refractivity contribution in [2.75, 3.05) is 19.9 Å². The lowest BCUT2D eigenvalue weighted by Gasteiger charge is -2.21. The maximum Gasteiger partial charge on any atom is 0.191 e. The van der Waals surface area contributed by atoms with E-state index in [-0.39, 0.29) is 36.6 Å². The van der Waals surface area contributed by atoms with E-state index in [2.05, 4.69) is 34.6 Å². The Morgan fingerprint density at radius 2 is 2.00 bits per heavy atom. The minimum Gasteiger partial charge on any atom is -0.467 e. The zero-order valence-electron chi connectivity index (χ0n) is 18.4. The second-order valence-electron chi connectivity index (χ2n) is 7.27. The van der Waals surface area contributed by atoms with Gasteiger partial charge in [0.1, 0.15) is 18.1 Å². The maximum atomic E-state index is 13.9. The summed E-state index contributed by atoms with van der Waals surface area (Å²) >= 11 is 0. The first-order chi connectivity index (χ1) is 14.6. The molecule has 2 aromatic rings. The Morgan fingerprint density at radius 1 is 1.19 bits per heavy atom. The number of halogens is 2. The van der Waals surface area contributed by atoms with Gasteiger partial charge in [-0.3, -0.25) is 0 Å². The molecular formula is C22H32FIN4O3. The van der Waals surface area contributed by atoms with Crippen molar-refractivity contribution in [1.82, 2.24) is 15.8 Å². The van der Waals surface area contributed by atoms with Crippen molar-refractivity contribution >= 4 is 29.9 Å². The largest absolute Gasteiger partial charge is 0.467 e. The van der Waals surface area contributed by atoms with E-state index < -0.39 is 0 Å². The molecule has 0 fully saturated rings. The first-order valence-electron chi connectivity index (χ1n) is 10.6. The predicted octanol–water partition coefficient (Wildman–Crippen LogP) is 4.50. The van der Waals surface area contributed by atoms with Crippen molar-refractivity contribution in [3.8, 4) is 5.75 Å². The molecule has 0 aliphatic carbocycles. The van der Waals surface area contributed by atoms with Crippen LogP contribution in [-0.4, -0.2) is 31.0 Å². The Hall–Kier alpha value is -1.88. The fraction of sp³-hybridized carbons (Fsp3) is 0.545. The number of rotatable bonds is 9. The van der Waals surface area contributed by atoms with Crippen LogP contribution in [0.25, 0.3) is 0 Å². The second-order valence-corrected chi connectivity index (χ2v) is 7.27. The summed E-state index contributed by atoms with van der Waals surface area (Å²) in [5.74, 6) is 2.27. The van der Waals surface area contributed by atoms with Crippen LogP contribution < -0.4 is 15.4 Å². The van der Waals surface area contributed by atoms with Crippen LogP contribution in [-0.2, 0) is 24.3 Å². The van der Waals surface area contributed by atoms with Crippen molar-refractivity contribution in [3.05, 3.63) is 46.6 Å². The number of nitrogens with zero attached hydrogens (tertiary/aromatic N) is 2. The van der Waals surface area contributed by atoms with Gasteiger partial charge in [0, 0.05) is 30.6 Å². The highest BCUT2D eigenvalue weighted by Crippen LogP contribution is 2.29. The molecule has 0 amide bonds. The summed E-state index contributed by atoms with van der Waals surface area (Å²) in [7, 11) is 0. The van der Waals surface area contributed by atoms with Crippen molar-refractivity contribution in [3.63, 3.8) is 0 Å². The standard InChI is InChI=1S/C22H31FN4O3.HI/c1-4-15(5-2)20-11-19(30-27-20)12-26-22(24-6-3)25-8-7-16-9-18(23)10-17-13-28-14-29-21(16)17;/h9-11,15H,4-8,12-14H2,1-3H3,(H2,24,25,26);1H. The molecule has 1 aromatic carbocycles. The van der Waals surface area contributed by atoms with Crippen LogP contribution in [0.5, 0.6) is 5.75 Å². The minimum absolute atomic E-state index is 0. The molecule has 0 bridgehead atoms. The molecule has 3 rings (SSSR count). The van der Waals surface area contributed by atoms with E-state index in [0.29, 0.717) is 38.0 Å². The van der Waals surface area contributed by atoms with Crippen LogP contribution in [0.4, 0.5) is 4.39 Å². The lowest BCUT2D eigenvalue weighted by molar-refractivity contribution is -0.0172. The monoisotopic (exact) mass is 546 g/mol. The molecule has 1 aromatic heterocycles. The highest BCUT2D eigenvalue weighted by Gasteiger charge is 2.17. The van der Waals surface area contributed by atoms with Gasteiger partial charge in [-0.25, -0.2) is 9.38 Å². The second kappa shape index (κ2) is 12.8. The SMILES string of the molecule is CCNC(=NCc1cc(C(CC)CC)no1)NCCc1cc(F)cc2c1OCOC2.I. The molecule has 0 radical (unpaired) electrons. The third-order valence-electron chi connectivity index (χ3n) is 5.16. The molecule has 2 N–H and O–H groups in total. The maximum absolute atomic E-state index is 13.9. The van der Waals surface area contributed by atoms with E-state index in [4.69, 9.17) is 14.0 Å². The molecule has 1 aliphatic rings. The van der Waals surface area contributed by atoms with Crippen LogP contribution in [0.1, 0.15) is 62.1 Å². The smallest absolute Gasteiger partial charge is 0.191 e. The van der Waals surface area contributed by atoms with E-state index in [1.165, 1.54) is 12.1 Å². The predicted molar refractivity (Wildman–Crippen MR) is 128 cm³/mol. The number of guanidine groups is 1. The third kappa shape index (κ3) is 7.06. The number of aliphatic imine (C=N–C) groups is 1. The Kier molecular flexibility index (Phi) is 10.5. The third-order valence-corrected chi connectivity index (χ3v) is 5.16. The lowest BCUT2D eigenvalue weighted by atomic mass is 9.99. The zero-order valence-corrected chi connectivity index (χ0v) is 20.7. The summed E-state index contributed by atoms with van der Waals surface area (Å²) in [4.78, 5) is 4.58. The zero-order chi connectivity index (χ0) is 21.3. The summed E-state index contributed by atoms with van der Waals surface area (Å²) < 4.78 is 30.2. The van der Waals surface area contributed by atoms with Crippen molar-refractivity contribution in [2.24, 2.45) is 4.99 Å². The lowest BCUT2D eigenvalue weighted by Crippen LogP contribution is -2.38. The first-order valence-corrected chi connectivity index (χ1v) is 10.6. The molecule has 0 saturated heterocycles. The minimum atomic E-state index is -0.281. The highest BCUT2D eigenvalue weighted by molar-refractivity contribution is 14.0. The van der Waals surface area contributed by atoms with Gasteiger partial charge in [-0.2, -0.15) is 0 Å². The van der Waals surface area contributed by atoms with Crippen molar-refractivity contribution < 1.29 is 18.4 Å². The molecule has 172 valence electrons. The number of benzene rings is 1. The van der Waals surface area contributed by atoms with Crippen LogP contribution >= 0.6 is 24.0 Å². The van der Waals surface area contributed by atoms with E-state index in [1.807, 2.05) is 13.0 Å². The number of aromatic nitrogens is 1. The number of hydrogen-bond donors (Lipinski definition) is 2. The molecule has 2 heterocycles. The summed E-state index contributed by atoms with van der Waals surface area (Å²) in [6.45, 7) is 8.60. The molecule has 0 atom stereocenters. The van der Waals surface area contributed by atoms with E-state index >= 15 is 0 Å². The molecule has 7 nitrogen and oxygen atoms in total. The van der Waals surface area contributed by atoms with E-state index in [1.54, 1.807) is 0 Å². The van der Waals surface area contributed by atoms with Gasteiger partial charge in [0.05, 0.1) is 12.3 Å². The number of hydrogen-bond acceptors (Lipinski definition) is 5. The Bertz CT molecular complexity index is 855. The number of ether oxygens (including phenoxy) is 2. The molecule has 31 heavy (non-hydrogen) atoms. The Morgan fingerprint density at radius 3 is 2.74 bits per heavy atom. The molecule has 0 spiro atoms. The van der Waals surface area contributed by atoms with Gasteiger partial charge in [-0.1, -0.05) is 19.0 Å². The van der Waals surface area contributed by atoms with Crippen LogP contribution in [0.2, 0.25) is 0 Å². The summed E-state index contributed by atoms with van der Waals surface area (Å²) in [6, 6.07) is 4.97. The molecule has 9 heteroatoms. The molecular weight excluding hydrogens is 514 g/mol. The topological polar surface area (TPSA) is 80.9 Å². The number of nitrogens with one attached hydrogen (secondary N) is 2. The van der Waals surface area contributed by atoms with Crippen LogP contribution in [0, 0.1) is 5.82 Å². The normalized spacial score (nSPS) is 13.4. The summed E-state index contributed by atoms with van der Waals surface area (Å²) in [6.07, 6.45) is 2.68. The fourth-order valence-electron chi connectivity index (χ4n) is 3.56. The van der Waals surface area contributed by atoms with Gasteiger partial charge >= 0.3 is 0 Å². The number of fused-ring (bicyclic) bond motifs is 1. The van der Waals surface area contributed by atoms with Gasteiger partial charge in [0.15, 0.2) is 18.5 Å². The summed E-state index contributed by atoms with van der Waals surface area (Å²) in [5.41, 5.74) is 2.56. The molecule has 0 saturated carbocycles. The molecule has 1 aliphatic heterocycles. The quantitative estimate of drug-likeness (QED) is 0.274. The molecule has 0 unspecified atom stereocenters. The Labute approximate surface area is 200 Å². The first kappa shape index (κ1) is 25.4. The summed E-state index contributed by atoms with van der Waals surface area (Å²) in [5, 5.41) is 10.7. The van der Waals surface area contributed by atoms with Gasteiger partial charge < -0.3 is 24.6 Å². The van der Waals surface area contributed by atoms with Crippen molar-refractivity contribution in [2.45, 2.75) is 59.1 Å². The van der Waals surface area contributed by atoms with E-state index in [0.717, 1.165) is 47.7 Å². The van der Waals surface area contributed by atoms with Gasteiger partial charge in [0.2, 0.25) is 0 Å². The van der Waals surface area contributed by atoms with E-state index in [9.17, 15) is 4.39 Å². The van der Waals surface area contributed by atoms with Crippen LogP contribution in [0.15, 0.2) is 27.7 Å². The van der Waals surface area contributed by atoms with Gasteiger partial charge in [0.25, 0.3) is 0 Å². The van der Waals surface area contributed by atoms with Gasteiger partial charge in [-0.05, 0) is 43.9 Å². The van der Waals surface area contributed by atoms with Crippen LogP contribution in [0.3, 0.4) is 0 Å². The van der Waals surface area contributed by atoms with Gasteiger partial charge in [-0.15, -0.1) is 24.0 Å². The fourth-order valence-corrected chi connectivity index (χ4v) is 3.56.